The van der Waals surface area contributed by atoms with Gasteiger partial charge in [0, 0.05) is 53.9 Å². The number of hydrogen-bond donors (Lipinski definition) is 2. The minimum absolute atomic E-state index is 0.0372. The highest BCUT2D eigenvalue weighted by atomic mass is 32.2. The average molecular weight is 528 g/mol. The summed E-state index contributed by atoms with van der Waals surface area (Å²) in [7, 11) is 1.48. The fourth-order valence-electron chi connectivity index (χ4n) is 4.32. The summed E-state index contributed by atoms with van der Waals surface area (Å²) < 4.78 is 37.6. The highest BCUT2D eigenvalue weighted by Gasteiger charge is 2.18. The van der Waals surface area contributed by atoms with Gasteiger partial charge in [0.15, 0.2) is 0 Å². The van der Waals surface area contributed by atoms with E-state index in [0.717, 1.165) is 50.7 Å². The number of rotatable bonds is 1. The summed E-state index contributed by atoms with van der Waals surface area (Å²) >= 11 is 0.887. The monoisotopic (exact) mass is 527 g/mol. The lowest BCUT2D eigenvalue weighted by molar-refractivity contribution is 0.0946. The second kappa shape index (κ2) is 9.71. The Kier molecular flexibility index (Phi) is 6.09. The first-order valence-corrected chi connectivity index (χ1v) is 12.4. The Hall–Kier alpha value is -4.57. The molecule has 4 heterocycles. The highest BCUT2D eigenvalue weighted by molar-refractivity contribution is 8.00. The van der Waals surface area contributed by atoms with Gasteiger partial charge in [-0.05, 0) is 65.0 Å². The summed E-state index contributed by atoms with van der Waals surface area (Å²) in [6.07, 6.45) is 6.80. The lowest BCUT2D eigenvalue weighted by Crippen LogP contribution is -2.24. The van der Waals surface area contributed by atoms with E-state index in [2.05, 4.69) is 25.0 Å². The number of benzene rings is 2. The maximum absolute atomic E-state index is 14.6. The molecule has 0 fully saturated rings. The van der Waals surface area contributed by atoms with Crippen LogP contribution < -0.4 is 14.8 Å². The van der Waals surface area contributed by atoms with Crippen LogP contribution in [0.4, 0.5) is 14.5 Å². The first-order valence-electron chi connectivity index (χ1n) is 11.6. The average Bonchev–Trinajstić information content (AvgIpc) is 2.94. The molecule has 38 heavy (non-hydrogen) atoms. The number of hydrogen-bond acceptors (Lipinski definition) is 7. The number of methoxy groups -OCH3 is 1. The molecule has 0 saturated carbocycles. The molecule has 0 unspecified atom stereocenters. The quantitative estimate of drug-likeness (QED) is 0.258. The van der Waals surface area contributed by atoms with E-state index < -0.39 is 17.5 Å². The number of aromatic nitrogens is 3. The number of carbonyl (C=O) groups excluding carboxylic acids is 1. The van der Waals surface area contributed by atoms with Crippen molar-refractivity contribution in [2.45, 2.75) is 11.4 Å². The number of anilines is 1. The van der Waals surface area contributed by atoms with Crippen LogP contribution in [0, 0.1) is 11.6 Å². The van der Waals surface area contributed by atoms with Gasteiger partial charge in [-0.15, -0.1) is 0 Å². The Balaban J connectivity index is 1.55. The van der Waals surface area contributed by atoms with Crippen molar-refractivity contribution in [1.29, 1.82) is 0 Å². The van der Waals surface area contributed by atoms with Gasteiger partial charge in [-0.1, -0.05) is 6.07 Å². The molecule has 3 aromatic heterocycles. The zero-order chi connectivity index (χ0) is 26.2. The Morgan fingerprint density at radius 1 is 0.895 bits per heavy atom. The molecule has 0 aliphatic carbocycles. The molecule has 1 aliphatic heterocycles. The maximum Gasteiger partial charge on any atom is 0.254 e. The van der Waals surface area contributed by atoms with Gasteiger partial charge < -0.3 is 14.8 Å². The maximum atomic E-state index is 14.6. The summed E-state index contributed by atoms with van der Waals surface area (Å²) in [4.78, 5) is 26.2. The van der Waals surface area contributed by atoms with E-state index in [4.69, 9.17) is 4.74 Å². The molecule has 0 spiro atoms. The smallest absolute Gasteiger partial charge is 0.254 e. The van der Waals surface area contributed by atoms with Crippen molar-refractivity contribution in [1.82, 2.24) is 20.3 Å². The van der Waals surface area contributed by atoms with Crippen molar-refractivity contribution in [3.63, 3.8) is 0 Å². The molecule has 1 aliphatic rings. The molecule has 6 rings (SSSR count). The fraction of sp³-hybridized carbons (Fsp3) is 0.0714. The number of amides is 1. The van der Waals surface area contributed by atoms with Crippen molar-refractivity contribution >= 4 is 34.4 Å². The Morgan fingerprint density at radius 2 is 1.79 bits per heavy atom. The molecule has 7 nitrogen and oxygen atoms in total. The molecule has 5 aromatic rings. The van der Waals surface area contributed by atoms with Gasteiger partial charge in [0.2, 0.25) is 5.88 Å². The summed E-state index contributed by atoms with van der Waals surface area (Å²) in [5.74, 6) is -2.14. The van der Waals surface area contributed by atoms with Crippen LogP contribution in [0.25, 0.3) is 33.2 Å². The number of carbonyl (C=O) groups is 1. The Morgan fingerprint density at radius 3 is 2.66 bits per heavy atom. The molecule has 188 valence electrons. The molecular weight excluding hydrogens is 508 g/mol. The van der Waals surface area contributed by atoms with Crippen molar-refractivity contribution in [3.8, 4) is 28.1 Å². The zero-order valence-corrected chi connectivity index (χ0v) is 20.8. The fourth-order valence-corrected chi connectivity index (χ4v) is 5.02. The first-order chi connectivity index (χ1) is 18.5. The van der Waals surface area contributed by atoms with Gasteiger partial charge in [-0.3, -0.25) is 14.8 Å². The number of fused-ring (bicyclic) bond motifs is 9. The molecule has 1 amide bonds. The van der Waals surface area contributed by atoms with E-state index in [1.54, 1.807) is 24.8 Å². The minimum atomic E-state index is -0.954. The van der Waals surface area contributed by atoms with Crippen LogP contribution in [0.3, 0.4) is 0 Å². The second-order valence-corrected chi connectivity index (χ2v) is 9.45. The van der Waals surface area contributed by atoms with Crippen LogP contribution in [-0.2, 0) is 6.54 Å². The van der Waals surface area contributed by atoms with Crippen molar-refractivity contribution in [3.05, 3.63) is 96.1 Å². The minimum Gasteiger partial charge on any atom is -0.480 e. The predicted molar refractivity (Wildman–Crippen MR) is 142 cm³/mol. The molecular formula is C28H19F2N5O2S. The number of ether oxygens (including phenoxy) is 1. The van der Waals surface area contributed by atoms with E-state index in [1.165, 1.54) is 13.2 Å². The van der Waals surface area contributed by atoms with E-state index in [1.807, 2.05) is 36.4 Å². The number of nitrogens with zero attached hydrogens (tertiary/aromatic N) is 3. The van der Waals surface area contributed by atoms with Crippen LogP contribution in [0.5, 0.6) is 5.88 Å². The Bertz CT molecular complexity index is 1730. The SMILES string of the molecule is COc1ncc2cc1NSc1cc(c(F)cc1F)C(=O)NCc1cncc(c1)-c1ccnc3ccc-2cc13. The molecule has 2 aromatic carbocycles. The molecule has 0 atom stereocenters. The van der Waals surface area contributed by atoms with Gasteiger partial charge in [-0.2, -0.15) is 0 Å². The highest BCUT2D eigenvalue weighted by Crippen LogP contribution is 2.36. The van der Waals surface area contributed by atoms with Crippen molar-refractivity contribution in [2.75, 3.05) is 11.8 Å². The van der Waals surface area contributed by atoms with Gasteiger partial charge >= 0.3 is 0 Å². The summed E-state index contributed by atoms with van der Waals surface area (Å²) in [5, 5.41) is 3.61. The molecule has 0 radical (unpaired) electrons. The third-order valence-electron chi connectivity index (χ3n) is 6.22. The van der Waals surface area contributed by atoms with E-state index >= 15 is 0 Å². The molecule has 0 saturated heterocycles. The van der Waals surface area contributed by atoms with Gasteiger partial charge in [-0.25, -0.2) is 13.8 Å². The standard InChI is InChI=1S/C28H19F2N5O2S/c1-37-28-25-8-17(14-34-28)16-2-3-24-20(7-16)19(4-5-32-24)18-6-15(11-31-13-18)12-33-27(36)21-9-26(38-35-25)23(30)10-22(21)29/h2-11,13-14,35H,12H2,1H3,(H,33,36). The number of halogens is 2. The van der Waals surface area contributed by atoms with Gasteiger partial charge in [0.25, 0.3) is 5.91 Å². The van der Waals surface area contributed by atoms with Crippen LogP contribution in [0.1, 0.15) is 15.9 Å². The lowest BCUT2D eigenvalue weighted by atomic mass is 9.98. The van der Waals surface area contributed by atoms with Crippen LogP contribution in [-0.4, -0.2) is 28.0 Å². The van der Waals surface area contributed by atoms with E-state index in [9.17, 15) is 13.6 Å². The number of pyridine rings is 3. The third-order valence-corrected chi connectivity index (χ3v) is 7.07. The summed E-state index contributed by atoms with van der Waals surface area (Å²) in [6.45, 7) is 0.110. The van der Waals surface area contributed by atoms with Crippen LogP contribution in [0.2, 0.25) is 0 Å². The second-order valence-electron chi connectivity index (χ2n) is 8.60. The van der Waals surface area contributed by atoms with Gasteiger partial charge in [0.1, 0.15) is 17.3 Å². The topological polar surface area (TPSA) is 89.0 Å². The van der Waals surface area contributed by atoms with Crippen molar-refractivity contribution < 1.29 is 18.3 Å². The lowest BCUT2D eigenvalue weighted by Gasteiger charge is -2.14. The normalized spacial score (nSPS) is 12.9. The Labute approximate surface area is 220 Å². The van der Waals surface area contributed by atoms with E-state index in [-0.39, 0.29) is 17.0 Å². The van der Waals surface area contributed by atoms with Crippen LogP contribution >= 0.6 is 11.9 Å². The number of nitrogens with one attached hydrogen (secondary N) is 2. The molecule has 2 N–H and O–H groups in total. The third kappa shape index (κ3) is 4.39. The molecule has 10 heteroatoms. The largest absolute Gasteiger partial charge is 0.480 e. The zero-order valence-electron chi connectivity index (χ0n) is 20.0. The molecule has 8 bridgehead atoms. The predicted octanol–water partition coefficient (Wildman–Crippen LogP) is 6.01. The van der Waals surface area contributed by atoms with Gasteiger partial charge in [0.05, 0.1) is 23.1 Å². The first kappa shape index (κ1) is 23.8. The van der Waals surface area contributed by atoms with Crippen molar-refractivity contribution in [2.24, 2.45) is 0 Å². The van der Waals surface area contributed by atoms with E-state index in [0.29, 0.717) is 17.6 Å². The van der Waals surface area contributed by atoms with Crippen LogP contribution in [0.15, 0.2) is 78.2 Å². The summed E-state index contributed by atoms with van der Waals surface area (Å²) in [5.41, 5.74) is 5.17. The summed E-state index contributed by atoms with van der Waals surface area (Å²) in [6, 6.07) is 13.5.